The molecule has 1 aromatic carbocycles. The van der Waals surface area contributed by atoms with Crippen LogP contribution in [-0.4, -0.2) is 15.1 Å². The molecule has 0 aliphatic heterocycles. The van der Waals surface area contributed by atoms with Crippen molar-refractivity contribution in [3.8, 4) is 5.75 Å². The molecular formula is C7H5FN2O. The molecule has 0 radical (unpaired) electrons. The highest BCUT2D eigenvalue weighted by molar-refractivity contribution is 5.75. The first kappa shape index (κ1) is 6.15. The molecule has 0 aliphatic carbocycles. The maximum absolute atomic E-state index is 12.4. The van der Waals surface area contributed by atoms with Gasteiger partial charge in [0.1, 0.15) is 5.75 Å². The number of benzene rings is 1. The number of H-pyrrole nitrogens is 1. The molecule has 4 heteroatoms. The molecule has 1 aromatic heterocycles. The first-order chi connectivity index (χ1) is 5.25. The van der Waals surface area contributed by atoms with Crippen molar-refractivity contribution in [3.05, 3.63) is 24.3 Å². The number of imidazole rings is 1. The molecule has 3 nitrogen and oxygen atoms in total. The van der Waals surface area contributed by atoms with Crippen molar-refractivity contribution in [3.63, 3.8) is 0 Å². The SMILES string of the molecule is Oc1ccc2nc(F)[nH]c2c1. The zero-order chi connectivity index (χ0) is 7.84. The number of rotatable bonds is 0. The van der Waals surface area contributed by atoms with Gasteiger partial charge >= 0.3 is 0 Å². The summed E-state index contributed by atoms with van der Waals surface area (Å²) in [6.07, 6.45) is -0.634. The molecule has 0 atom stereocenters. The number of phenols is 1. The van der Waals surface area contributed by atoms with Crippen LogP contribution in [0.2, 0.25) is 0 Å². The summed E-state index contributed by atoms with van der Waals surface area (Å²) in [6, 6.07) is 4.43. The van der Waals surface area contributed by atoms with Gasteiger partial charge in [-0.2, -0.15) is 4.39 Å². The molecule has 2 rings (SSSR count). The van der Waals surface area contributed by atoms with Gasteiger partial charge in [0.2, 0.25) is 0 Å². The van der Waals surface area contributed by atoms with Crippen LogP contribution in [0.5, 0.6) is 5.75 Å². The van der Waals surface area contributed by atoms with E-state index in [1.54, 1.807) is 6.07 Å². The van der Waals surface area contributed by atoms with E-state index in [4.69, 9.17) is 5.11 Å². The fourth-order valence-corrected chi connectivity index (χ4v) is 0.966. The third-order valence-electron chi connectivity index (χ3n) is 1.44. The van der Waals surface area contributed by atoms with Crippen molar-refractivity contribution in [2.24, 2.45) is 0 Å². The normalized spacial score (nSPS) is 10.6. The summed E-state index contributed by atoms with van der Waals surface area (Å²) in [7, 11) is 0. The monoisotopic (exact) mass is 152 g/mol. The van der Waals surface area contributed by atoms with Gasteiger partial charge in [0, 0.05) is 6.07 Å². The first-order valence-electron chi connectivity index (χ1n) is 3.10. The Kier molecular flexibility index (Phi) is 1.09. The second-order valence-corrected chi connectivity index (χ2v) is 2.23. The van der Waals surface area contributed by atoms with Gasteiger partial charge < -0.3 is 10.1 Å². The molecular weight excluding hydrogens is 147 g/mol. The Morgan fingerprint density at radius 3 is 3.09 bits per heavy atom. The van der Waals surface area contributed by atoms with Crippen LogP contribution >= 0.6 is 0 Å². The summed E-state index contributed by atoms with van der Waals surface area (Å²) in [5.41, 5.74) is 1.02. The van der Waals surface area contributed by atoms with Crippen molar-refractivity contribution < 1.29 is 9.50 Å². The summed E-state index contributed by atoms with van der Waals surface area (Å²) in [4.78, 5) is 5.88. The first-order valence-corrected chi connectivity index (χ1v) is 3.10. The maximum atomic E-state index is 12.4. The lowest BCUT2D eigenvalue weighted by molar-refractivity contribution is 0.476. The van der Waals surface area contributed by atoms with Crippen LogP contribution in [0, 0.1) is 6.08 Å². The largest absolute Gasteiger partial charge is 0.508 e. The molecule has 2 aromatic rings. The van der Waals surface area contributed by atoms with E-state index in [0.717, 1.165) is 0 Å². The average Bonchev–Trinajstić information content (AvgIpc) is 2.27. The van der Waals surface area contributed by atoms with E-state index in [0.29, 0.717) is 11.0 Å². The van der Waals surface area contributed by atoms with Crippen LogP contribution in [0.3, 0.4) is 0 Å². The number of fused-ring (bicyclic) bond motifs is 1. The number of aromatic amines is 1. The van der Waals surface area contributed by atoms with Crippen molar-refractivity contribution in [1.82, 2.24) is 9.97 Å². The Balaban J connectivity index is 2.82. The number of nitrogens with zero attached hydrogens (tertiary/aromatic N) is 1. The third kappa shape index (κ3) is 0.920. The van der Waals surface area contributed by atoms with Gasteiger partial charge in [-0.15, -0.1) is 0 Å². The predicted molar refractivity (Wildman–Crippen MR) is 37.7 cm³/mol. The highest BCUT2D eigenvalue weighted by Gasteiger charge is 2.00. The molecule has 0 bridgehead atoms. The number of halogens is 1. The fraction of sp³-hybridized carbons (Fsp3) is 0. The predicted octanol–water partition coefficient (Wildman–Crippen LogP) is 1.41. The summed E-state index contributed by atoms with van der Waals surface area (Å²) in [6.45, 7) is 0. The molecule has 0 spiro atoms. The molecule has 1 heterocycles. The second kappa shape index (κ2) is 1.95. The van der Waals surface area contributed by atoms with Gasteiger partial charge in [-0.3, -0.25) is 0 Å². The highest BCUT2D eigenvalue weighted by atomic mass is 19.1. The number of aromatic nitrogens is 2. The zero-order valence-electron chi connectivity index (χ0n) is 5.50. The van der Waals surface area contributed by atoms with Gasteiger partial charge in [0.05, 0.1) is 11.0 Å². The Hall–Kier alpha value is -1.58. The number of hydrogen-bond donors (Lipinski definition) is 2. The van der Waals surface area contributed by atoms with Crippen molar-refractivity contribution in [1.29, 1.82) is 0 Å². The van der Waals surface area contributed by atoms with E-state index < -0.39 is 6.08 Å². The molecule has 0 saturated heterocycles. The molecule has 0 amide bonds. The van der Waals surface area contributed by atoms with E-state index >= 15 is 0 Å². The van der Waals surface area contributed by atoms with E-state index in [1.807, 2.05) is 0 Å². The molecule has 0 saturated carbocycles. The van der Waals surface area contributed by atoms with E-state index in [1.165, 1.54) is 12.1 Å². The molecule has 0 unspecified atom stereocenters. The lowest BCUT2D eigenvalue weighted by atomic mass is 10.3. The lowest BCUT2D eigenvalue weighted by Gasteiger charge is -1.88. The molecule has 56 valence electrons. The van der Waals surface area contributed by atoms with Crippen LogP contribution in [0.1, 0.15) is 0 Å². The average molecular weight is 152 g/mol. The molecule has 2 N–H and O–H groups in total. The third-order valence-corrected chi connectivity index (χ3v) is 1.44. The zero-order valence-corrected chi connectivity index (χ0v) is 5.50. The van der Waals surface area contributed by atoms with Crippen LogP contribution < -0.4 is 0 Å². The van der Waals surface area contributed by atoms with Gasteiger partial charge in [-0.05, 0) is 12.1 Å². The minimum atomic E-state index is -0.634. The second-order valence-electron chi connectivity index (χ2n) is 2.23. The smallest absolute Gasteiger partial charge is 0.287 e. The number of hydrogen-bond acceptors (Lipinski definition) is 2. The summed E-state index contributed by atoms with van der Waals surface area (Å²) >= 11 is 0. The minimum absolute atomic E-state index is 0.0983. The Morgan fingerprint density at radius 2 is 2.27 bits per heavy atom. The summed E-state index contributed by atoms with van der Waals surface area (Å²) in [5, 5.41) is 8.97. The maximum Gasteiger partial charge on any atom is 0.287 e. The van der Waals surface area contributed by atoms with Gasteiger partial charge in [-0.25, -0.2) is 4.98 Å². The molecule has 11 heavy (non-hydrogen) atoms. The minimum Gasteiger partial charge on any atom is -0.508 e. The van der Waals surface area contributed by atoms with Gasteiger partial charge in [0.15, 0.2) is 0 Å². The van der Waals surface area contributed by atoms with Gasteiger partial charge in [-0.1, -0.05) is 0 Å². The van der Waals surface area contributed by atoms with Crippen LogP contribution in [0.15, 0.2) is 18.2 Å². The summed E-state index contributed by atoms with van der Waals surface area (Å²) < 4.78 is 12.4. The highest BCUT2D eigenvalue weighted by Crippen LogP contribution is 2.16. The van der Waals surface area contributed by atoms with E-state index in [2.05, 4.69) is 9.97 Å². The topological polar surface area (TPSA) is 48.9 Å². The standard InChI is InChI=1S/C7H5FN2O/c8-7-9-5-2-1-4(11)3-6(5)10-7/h1-3,11H,(H,9,10). The Bertz CT molecular complexity index is 396. The van der Waals surface area contributed by atoms with Crippen molar-refractivity contribution >= 4 is 11.0 Å². The Morgan fingerprint density at radius 1 is 1.45 bits per heavy atom. The van der Waals surface area contributed by atoms with Gasteiger partial charge in [0.25, 0.3) is 6.08 Å². The van der Waals surface area contributed by atoms with E-state index in [-0.39, 0.29) is 5.75 Å². The fourth-order valence-electron chi connectivity index (χ4n) is 0.966. The number of nitrogens with one attached hydrogen (secondary N) is 1. The van der Waals surface area contributed by atoms with Crippen LogP contribution in [-0.2, 0) is 0 Å². The summed E-state index contributed by atoms with van der Waals surface area (Å²) in [5.74, 6) is 0.0983. The van der Waals surface area contributed by atoms with Crippen LogP contribution in [0.4, 0.5) is 4.39 Å². The van der Waals surface area contributed by atoms with Crippen LogP contribution in [0.25, 0.3) is 11.0 Å². The van der Waals surface area contributed by atoms with Crippen molar-refractivity contribution in [2.45, 2.75) is 0 Å². The molecule has 0 aliphatic rings. The number of aromatic hydroxyl groups is 1. The lowest BCUT2D eigenvalue weighted by Crippen LogP contribution is -1.69. The Labute approximate surface area is 61.5 Å². The number of phenolic OH excluding ortho intramolecular Hbond substituents is 1. The van der Waals surface area contributed by atoms with Crippen molar-refractivity contribution in [2.75, 3.05) is 0 Å². The van der Waals surface area contributed by atoms with E-state index in [9.17, 15) is 4.39 Å². The quantitative estimate of drug-likeness (QED) is 0.599. The molecule has 0 fully saturated rings.